The van der Waals surface area contributed by atoms with E-state index in [1.54, 1.807) is 4.90 Å². The summed E-state index contributed by atoms with van der Waals surface area (Å²) >= 11 is 0. The molecular weight excluding hydrogens is 226 g/mol. The van der Waals surface area contributed by atoms with Gasteiger partial charge >= 0.3 is 0 Å². The van der Waals surface area contributed by atoms with Crippen LogP contribution in [0.4, 0.5) is 0 Å². The highest BCUT2D eigenvalue weighted by Gasteiger charge is 2.30. The van der Waals surface area contributed by atoms with Gasteiger partial charge in [0.05, 0.1) is 0 Å². The van der Waals surface area contributed by atoms with Crippen molar-refractivity contribution in [3.05, 3.63) is 0 Å². The van der Waals surface area contributed by atoms with Gasteiger partial charge in [0.2, 0.25) is 15.0 Å². The van der Waals surface area contributed by atoms with Crippen LogP contribution in [0.25, 0.3) is 0 Å². The number of hydrogen-bond donors (Lipinski definition) is 0. The van der Waals surface area contributed by atoms with Crippen LogP contribution in [0.5, 0.6) is 0 Å². The average Bonchev–Trinajstić information content (AvgIpc) is 2.15. The van der Waals surface area contributed by atoms with E-state index in [0.717, 1.165) is 19.3 Å². The molecule has 0 radical (unpaired) electrons. The topological polar surface area (TPSA) is 54.5 Å². The molecule has 1 amide bonds. The lowest BCUT2D eigenvalue weighted by Gasteiger charge is -2.28. The molecule has 1 saturated heterocycles. The molecule has 0 saturated carbocycles. The molecule has 1 aliphatic rings. The van der Waals surface area contributed by atoms with Gasteiger partial charge < -0.3 is 4.90 Å². The molecule has 0 bridgehead atoms. The molecule has 1 rings (SSSR count). The summed E-state index contributed by atoms with van der Waals surface area (Å²) < 4.78 is 21.9. The predicted octanol–water partition coefficient (Wildman–Crippen LogP) is 0.956. The number of carbonyl (C=O) groups is 1. The molecule has 0 aromatic carbocycles. The first kappa shape index (κ1) is 11.8. The molecule has 0 aliphatic carbocycles. The van der Waals surface area contributed by atoms with Gasteiger partial charge in [-0.05, 0) is 26.2 Å². The van der Waals surface area contributed by atoms with E-state index in [1.807, 2.05) is 0 Å². The van der Waals surface area contributed by atoms with Crippen LogP contribution in [-0.4, -0.2) is 37.6 Å². The summed E-state index contributed by atoms with van der Waals surface area (Å²) in [4.78, 5) is 13.2. The molecule has 4 nitrogen and oxygen atoms in total. The van der Waals surface area contributed by atoms with E-state index >= 15 is 0 Å². The van der Waals surface area contributed by atoms with Gasteiger partial charge in [0.25, 0.3) is 0 Å². The van der Waals surface area contributed by atoms with Crippen molar-refractivity contribution in [1.29, 1.82) is 0 Å². The second-order valence-corrected chi connectivity index (χ2v) is 6.45. The SMILES string of the molecule is C[C@H](C(=O)N1CCCCC1)S(=O)(=O)Cl. The Morgan fingerprint density at radius 1 is 1.29 bits per heavy atom. The molecule has 0 aromatic rings. The van der Waals surface area contributed by atoms with Crippen LogP contribution in [0.3, 0.4) is 0 Å². The lowest BCUT2D eigenvalue weighted by Crippen LogP contribution is -2.42. The Balaban J connectivity index is 2.64. The third-order valence-electron chi connectivity index (χ3n) is 2.44. The minimum absolute atomic E-state index is 0.375. The Bertz CT molecular complexity index is 309. The van der Waals surface area contributed by atoms with E-state index < -0.39 is 14.3 Å². The molecular formula is C8H14ClNO3S. The van der Waals surface area contributed by atoms with Crippen LogP contribution in [0, 0.1) is 0 Å². The van der Waals surface area contributed by atoms with Gasteiger partial charge in [-0.25, -0.2) is 8.42 Å². The summed E-state index contributed by atoms with van der Waals surface area (Å²) in [6.07, 6.45) is 2.99. The van der Waals surface area contributed by atoms with E-state index in [4.69, 9.17) is 10.7 Å². The number of halogens is 1. The Hall–Kier alpha value is -0.290. The fourth-order valence-electron chi connectivity index (χ4n) is 1.49. The van der Waals surface area contributed by atoms with Gasteiger partial charge in [0.15, 0.2) is 5.25 Å². The van der Waals surface area contributed by atoms with Crippen molar-refractivity contribution < 1.29 is 13.2 Å². The number of rotatable bonds is 2. The van der Waals surface area contributed by atoms with Gasteiger partial charge in [-0.1, -0.05) is 0 Å². The van der Waals surface area contributed by atoms with E-state index in [0.29, 0.717) is 13.1 Å². The van der Waals surface area contributed by atoms with Gasteiger partial charge in [-0.15, -0.1) is 0 Å². The molecule has 0 spiro atoms. The summed E-state index contributed by atoms with van der Waals surface area (Å²) in [6.45, 7) is 2.63. The third kappa shape index (κ3) is 2.85. The minimum Gasteiger partial charge on any atom is -0.342 e. The highest BCUT2D eigenvalue weighted by atomic mass is 35.7. The van der Waals surface area contributed by atoms with Gasteiger partial charge in [0, 0.05) is 23.8 Å². The first-order valence-electron chi connectivity index (χ1n) is 4.65. The highest BCUT2D eigenvalue weighted by molar-refractivity contribution is 8.14. The first-order chi connectivity index (χ1) is 6.43. The van der Waals surface area contributed by atoms with E-state index in [1.165, 1.54) is 6.92 Å². The number of likely N-dealkylation sites (tertiary alicyclic amines) is 1. The quantitative estimate of drug-likeness (QED) is 0.675. The van der Waals surface area contributed by atoms with Crippen molar-refractivity contribution in [2.24, 2.45) is 0 Å². The van der Waals surface area contributed by atoms with Crippen molar-refractivity contribution in [2.45, 2.75) is 31.4 Å². The second kappa shape index (κ2) is 4.49. The van der Waals surface area contributed by atoms with Crippen molar-refractivity contribution >= 4 is 25.6 Å². The zero-order valence-electron chi connectivity index (χ0n) is 8.07. The van der Waals surface area contributed by atoms with Crippen molar-refractivity contribution in [2.75, 3.05) is 13.1 Å². The molecule has 82 valence electrons. The summed E-state index contributed by atoms with van der Waals surface area (Å²) in [5.41, 5.74) is 0. The van der Waals surface area contributed by atoms with Crippen LogP contribution < -0.4 is 0 Å². The molecule has 0 unspecified atom stereocenters. The largest absolute Gasteiger partial charge is 0.342 e. The Labute approximate surface area is 88.6 Å². The first-order valence-corrected chi connectivity index (χ1v) is 7.02. The molecule has 1 fully saturated rings. The summed E-state index contributed by atoms with van der Waals surface area (Å²) in [6, 6.07) is 0. The molecule has 14 heavy (non-hydrogen) atoms. The van der Waals surface area contributed by atoms with Crippen molar-refractivity contribution in [3.8, 4) is 0 Å². The molecule has 6 heteroatoms. The lowest BCUT2D eigenvalue weighted by molar-refractivity contribution is -0.131. The highest BCUT2D eigenvalue weighted by Crippen LogP contribution is 2.14. The number of hydrogen-bond acceptors (Lipinski definition) is 3. The average molecular weight is 240 g/mol. The van der Waals surface area contributed by atoms with Gasteiger partial charge in [0.1, 0.15) is 0 Å². The fourth-order valence-corrected chi connectivity index (χ4v) is 2.11. The standard InChI is InChI=1S/C8H14ClNO3S/c1-7(14(9,12)13)8(11)10-5-3-2-4-6-10/h7H,2-6H2,1H3/t7-/m1/s1. The third-order valence-corrected chi connectivity index (χ3v) is 4.29. The van der Waals surface area contributed by atoms with Crippen LogP contribution in [-0.2, 0) is 13.8 Å². The Morgan fingerprint density at radius 3 is 2.21 bits per heavy atom. The van der Waals surface area contributed by atoms with Crippen LogP contribution in [0.15, 0.2) is 0 Å². The fraction of sp³-hybridized carbons (Fsp3) is 0.875. The number of piperidine rings is 1. The monoisotopic (exact) mass is 239 g/mol. The van der Waals surface area contributed by atoms with Gasteiger partial charge in [-0.2, -0.15) is 0 Å². The maximum atomic E-state index is 11.6. The Morgan fingerprint density at radius 2 is 1.79 bits per heavy atom. The molecule has 0 aromatic heterocycles. The molecule has 0 N–H and O–H groups in total. The van der Waals surface area contributed by atoms with Crippen LogP contribution in [0.2, 0.25) is 0 Å². The zero-order chi connectivity index (χ0) is 10.8. The molecule has 1 heterocycles. The zero-order valence-corrected chi connectivity index (χ0v) is 9.64. The minimum atomic E-state index is -3.77. The van der Waals surface area contributed by atoms with Crippen molar-refractivity contribution in [1.82, 2.24) is 4.90 Å². The number of carbonyl (C=O) groups excluding carboxylic acids is 1. The van der Waals surface area contributed by atoms with E-state index in [9.17, 15) is 13.2 Å². The van der Waals surface area contributed by atoms with Crippen LogP contribution >= 0.6 is 10.7 Å². The second-order valence-electron chi connectivity index (χ2n) is 3.50. The summed E-state index contributed by atoms with van der Waals surface area (Å²) in [7, 11) is 1.35. The van der Waals surface area contributed by atoms with E-state index in [2.05, 4.69) is 0 Å². The van der Waals surface area contributed by atoms with Crippen molar-refractivity contribution in [3.63, 3.8) is 0 Å². The summed E-state index contributed by atoms with van der Waals surface area (Å²) in [5.74, 6) is -0.375. The lowest BCUT2D eigenvalue weighted by atomic mass is 10.1. The Kier molecular flexibility index (Phi) is 3.78. The summed E-state index contributed by atoms with van der Waals surface area (Å²) in [5, 5.41) is -1.12. The van der Waals surface area contributed by atoms with Crippen LogP contribution in [0.1, 0.15) is 26.2 Å². The molecule has 1 aliphatic heterocycles. The van der Waals surface area contributed by atoms with E-state index in [-0.39, 0.29) is 5.91 Å². The maximum absolute atomic E-state index is 11.6. The predicted molar refractivity (Wildman–Crippen MR) is 54.7 cm³/mol. The van der Waals surface area contributed by atoms with Gasteiger partial charge in [-0.3, -0.25) is 4.79 Å². The maximum Gasteiger partial charge on any atom is 0.244 e. The normalized spacial score (nSPS) is 20.6. The molecule has 1 atom stereocenters. The number of amides is 1. The number of nitrogens with zero attached hydrogens (tertiary/aromatic N) is 1. The smallest absolute Gasteiger partial charge is 0.244 e.